The standard InChI is InChI=1S/C26H26N4O3.C2HF3O2/c1-17(31)30-13-5-7-24(30)20-14-22-23(29-26(28-22)21-6-3-4-12-27-21)15-25(20)33-19-10-8-18(9-11-19)16-32-2;3-2(4,5)1(6)7/h3-4,6,8-12,14-15,24H,5,7,13,16H2,1-2H3,(H,28,29);(H,6,7). The number of alkyl halides is 3. The number of carbonyl (C=O) groups is 2. The number of rotatable bonds is 6. The highest BCUT2D eigenvalue weighted by molar-refractivity contribution is 5.82. The predicted molar refractivity (Wildman–Crippen MR) is 140 cm³/mol. The number of aromatic amines is 1. The van der Waals surface area contributed by atoms with E-state index in [1.165, 1.54) is 0 Å². The first kappa shape index (κ1) is 28.6. The summed E-state index contributed by atoms with van der Waals surface area (Å²) in [4.78, 5) is 35.7. The average Bonchev–Trinajstić information content (AvgIpc) is 3.57. The predicted octanol–water partition coefficient (Wildman–Crippen LogP) is 5.88. The van der Waals surface area contributed by atoms with Gasteiger partial charge in [0.1, 0.15) is 17.2 Å². The highest BCUT2D eigenvalue weighted by Crippen LogP contribution is 2.41. The number of benzene rings is 2. The van der Waals surface area contributed by atoms with Gasteiger partial charge < -0.3 is 24.5 Å². The molecular weight excluding hydrogens is 529 g/mol. The fraction of sp³-hybridized carbons (Fsp3) is 0.286. The van der Waals surface area contributed by atoms with Gasteiger partial charge in [0.2, 0.25) is 5.91 Å². The number of aliphatic carboxylic acids is 1. The van der Waals surface area contributed by atoms with Gasteiger partial charge in [-0.3, -0.25) is 9.78 Å². The first-order valence-electron chi connectivity index (χ1n) is 12.3. The molecule has 210 valence electrons. The number of ether oxygens (including phenoxy) is 2. The monoisotopic (exact) mass is 556 g/mol. The summed E-state index contributed by atoms with van der Waals surface area (Å²) in [7, 11) is 1.68. The van der Waals surface area contributed by atoms with Gasteiger partial charge in [0.05, 0.1) is 23.7 Å². The van der Waals surface area contributed by atoms with Crippen LogP contribution >= 0.6 is 0 Å². The molecule has 9 nitrogen and oxygen atoms in total. The fourth-order valence-corrected chi connectivity index (χ4v) is 4.44. The number of nitrogens with one attached hydrogen (secondary N) is 1. The number of methoxy groups -OCH3 is 1. The number of nitrogens with zero attached hydrogens (tertiary/aromatic N) is 3. The van der Waals surface area contributed by atoms with Crippen molar-refractivity contribution in [2.45, 2.75) is 38.6 Å². The average molecular weight is 557 g/mol. The molecule has 0 bridgehead atoms. The zero-order valence-corrected chi connectivity index (χ0v) is 21.7. The number of pyridine rings is 1. The van der Waals surface area contributed by atoms with E-state index in [4.69, 9.17) is 24.4 Å². The topological polar surface area (TPSA) is 118 Å². The molecule has 40 heavy (non-hydrogen) atoms. The smallest absolute Gasteiger partial charge is 0.475 e. The second-order valence-electron chi connectivity index (χ2n) is 9.06. The lowest BCUT2D eigenvalue weighted by Crippen LogP contribution is -2.28. The number of amides is 1. The van der Waals surface area contributed by atoms with E-state index in [9.17, 15) is 18.0 Å². The second-order valence-corrected chi connectivity index (χ2v) is 9.06. The van der Waals surface area contributed by atoms with Crippen molar-refractivity contribution in [1.29, 1.82) is 0 Å². The maximum absolute atomic E-state index is 12.3. The molecule has 1 aliphatic heterocycles. The number of hydrogen-bond donors (Lipinski definition) is 2. The van der Waals surface area contributed by atoms with Crippen LogP contribution in [0.5, 0.6) is 11.5 Å². The Bertz CT molecular complexity index is 1470. The number of fused-ring (bicyclic) bond motifs is 1. The zero-order chi connectivity index (χ0) is 28.9. The summed E-state index contributed by atoms with van der Waals surface area (Å²) in [5, 5.41) is 7.12. The number of hydrogen-bond acceptors (Lipinski definition) is 6. The van der Waals surface area contributed by atoms with Gasteiger partial charge in [-0.25, -0.2) is 9.78 Å². The van der Waals surface area contributed by atoms with Crippen LogP contribution < -0.4 is 4.74 Å². The third-order valence-corrected chi connectivity index (χ3v) is 6.24. The van der Waals surface area contributed by atoms with Gasteiger partial charge in [-0.05, 0) is 48.7 Å². The van der Waals surface area contributed by atoms with Crippen molar-refractivity contribution in [2.24, 2.45) is 0 Å². The first-order valence-corrected chi connectivity index (χ1v) is 12.3. The van der Waals surface area contributed by atoms with E-state index in [-0.39, 0.29) is 11.9 Å². The van der Waals surface area contributed by atoms with E-state index in [1.54, 1.807) is 20.2 Å². The van der Waals surface area contributed by atoms with Crippen molar-refractivity contribution in [2.75, 3.05) is 13.7 Å². The van der Waals surface area contributed by atoms with Gasteiger partial charge in [0.15, 0.2) is 5.82 Å². The summed E-state index contributed by atoms with van der Waals surface area (Å²) in [5.41, 5.74) is 4.51. The molecule has 0 saturated carbocycles. The van der Waals surface area contributed by atoms with Crippen molar-refractivity contribution in [3.05, 3.63) is 71.9 Å². The molecule has 1 aliphatic rings. The Kier molecular flexibility index (Phi) is 8.68. The van der Waals surface area contributed by atoms with Crippen LogP contribution in [0.4, 0.5) is 13.2 Å². The number of H-pyrrole nitrogens is 1. The van der Waals surface area contributed by atoms with Gasteiger partial charge in [-0.15, -0.1) is 0 Å². The number of imidazole rings is 1. The molecule has 1 atom stereocenters. The summed E-state index contributed by atoms with van der Waals surface area (Å²) in [6, 6.07) is 17.6. The molecule has 0 aliphatic carbocycles. The number of carbonyl (C=O) groups excluding carboxylic acids is 1. The Morgan fingerprint density at radius 3 is 2.48 bits per heavy atom. The Morgan fingerprint density at radius 2 is 1.88 bits per heavy atom. The van der Waals surface area contributed by atoms with Crippen LogP contribution in [0.1, 0.15) is 36.9 Å². The lowest BCUT2D eigenvalue weighted by molar-refractivity contribution is -0.192. The van der Waals surface area contributed by atoms with Gasteiger partial charge in [0.25, 0.3) is 0 Å². The van der Waals surface area contributed by atoms with Gasteiger partial charge >= 0.3 is 12.1 Å². The van der Waals surface area contributed by atoms with E-state index >= 15 is 0 Å². The van der Waals surface area contributed by atoms with Crippen LogP contribution in [0.25, 0.3) is 22.6 Å². The lowest BCUT2D eigenvalue weighted by Gasteiger charge is -2.25. The summed E-state index contributed by atoms with van der Waals surface area (Å²) in [6.07, 6.45) is -1.47. The van der Waals surface area contributed by atoms with Crippen molar-refractivity contribution >= 4 is 22.9 Å². The van der Waals surface area contributed by atoms with Crippen LogP contribution in [-0.2, 0) is 20.9 Å². The van der Waals surface area contributed by atoms with E-state index in [2.05, 4.69) is 16.0 Å². The molecule has 1 fully saturated rings. The molecule has 5 rings (SSSR count). The van der Waals surface area contributed by atoms with Gasteiger partial charge in [-0.2, -0.15) is 13.2 Å². The molecule has 12 heteroatoms. The van der Waals surface area contributed by atoms with Crippen molar-refractivity contribution in [3.8, 4) is 23.0 Å². The van der Waals surface area contributed by atoms with Crippen LogP contribution in [0.2, 0.25) is 0 Å². The van der Waals surface area contributed by atoms with Gasteiger partial charge in [-0.1, -0.05) is 18.2 Å². The number of carboxylic acid groups (broad SMARTS) is 1. The highest BCUT2D eigenvalue weighted by atomic mass is 19.4. The molecule has 1 amide bonds. The minimum absolute atomic E-state index is 0.0312. The normalized spacial score (nSPS) is 15.0. The van der Waals surface area contributed by atoms with Crippen LogP contribution in [0.15, 0.2) is 60.8 Å². The Morgan fingerprint density at radius 1 is 1.15 bits per heavy atom. The summed E-state index contributed by atoms with van der Waals surface area (Å²) in [5.74, 6) is -0.547. The maximum Gasteiger partial charge on any atom is 0.490 e. The number of aromatic nitrogens is 3. The van der Waals surface area contributed by atoms with E-state index < -0.39 is 12.1 Å². The summed E-state index contributed by atoms with van der Waals surface area (Å²) >= 11 is 0. The molecule has 0 radical (unpaired) electrons. The third-order valence-electron chi connectivity index (χ3n) is 6.24. The Hall–Kier alpha value is -4.45. The van der Waals surface area contributed by atoms with Crippen LogP contribution in [0.3, 0.4) is 0 Å². The molecule has 1 saturated heterocycles. The number of carboxylic acids is 1. The molecule has 3 heterocycles. The summed E-state index contributed by atoms with van der Waals surface area (Å²) in [6.45, 7) is 2.93. The summed E-state index contributed by atoms with van der Waals surface area (Å²) < 4.78 is 43.3. The lowest BCUT2D eigenvalue weighted by atomic mass is 10.0. The number of halogens is 3. The van der Waals surface area contributed by atoms with Crippen molar-refractivity contribution in [1.82, 2.24) is 19.9 Å². The molecule has 2 aromatic carbocycles. The maximum atomic E-state index is 12.3. The Labute approximate surface area is 227 Å². The molecule has 2 aromatic heterocycles. The molecule has 4 aromatic rings. The largest absolute Gasteiger partial charge is 0.490 e. The Balaban J connectivity index is 0.000000470. The third kappa shape index (κ3) is 6.75. The van der Waals surface area contributed by atoms with Crippen LogP contribution in [-0.4, -0.2) is 56.7 Å². The van der Waals surface area contributed by atoms with E-state index in [1.807, 2.05) is 53.4 Å². The molecule has 2 N–H and O–H groups in total. The van der Waals surface area contributed by atoms with Crippen molar-refractivity contribution in [3.63, 3.8) is 0 Å². The SMILES string of the molecule is COCc1ccc(Oc2cc3nc(-c4ccccn4)[nH]c3cc2C2CCCN2C(C)=O)cc1.O=C(O)C(F)(F)F. The van der Waals surface area contributed by atoms with Crippen molar-refractivity contribution < 1.29 is 37.3 Å². The molecule has 0 spiro atoms. The first-order chi connectivity index (χ1) is 19.1. The van der Waals surface area contributed by atoms with Crippen LogP contribution in [0, 0.1) is 0 Å². The minimum Gasteiger partial charge on any atom is -0.475 e. The number of likely N-dealkylation sites (tertiary alicyclic amines) is 1. The van der Waals surface area contributed by atoms with Gasteiger partial charge in [0, 0.05) is 38.4 Å². The highest BCUT2D eigenvalue weighted by Gasteiger charge is 2.38. The minimum atomic E-state index is -5.08. The molecule has 1 unspecified atom stereocenters. The molecular formula is C28H27F3N4O5. The quantitative estimate of drug-likeness (QED) is 0.305. The van der Waals surface area contributed by atoms with E-state index in [0.717, 1.165) is 53.0 Å². The second kappa shape index (κ2) is 12.2. The zero-order valence-electron chi connectivity index (χ0n) is 21.7. The van der Waals surface area contributed by atoms with E-state index in [0.29, 0.717) is 18.2 Å². The fourth-order valence-electron chi connectivity index (χ4n) is 4.44.